The van der Waals surface area contributed by atoms with E-state index in [1.807, 2.05) is 23.5 Å². The average molecular weight is 875 g/mol. The minimum Gasteiger partial charge on any atom is -0.455 e. The van der Waals surface area contributed by atoms with Crippen molar-refractivity contribution in [2.45, 2.75) is 0 Å². The largest absolute Gasteiger partial charge is 0.455 e. The first-order valence-electron chi connectivity index (χ1n) is 22.7. The molecule has 0 aliphatic carbocycles. The van der Waals surface area contributed by atoms with E-state index >= 15 is 0 Å². The van der Waals surface area contributed by atoms with Gasteiger partial charge in [-0.15, -0.1) is 11.3 Å². The van der Waals surface area contributed by atoms with Gasteiger partial charge in [0.2, 0.25) is 0 Å². The molecular formula is C62H38N2O2S. The number of furan rings is 2. The summed E-state index contributed by atoms with van der Waals surface area (Å²) in [6.45, 7) is 0. The Bertz CT molecular complexity index is 4240. The highest BCUT2D eigenvalue weighted by Gasteiger charge is 2.24. The molecular weight excluding hydrogens is 837 g/mol. The van der Waals surface area contributed by atoms with Gasteiger partial charge in [-0.3, -0.25) is 0 Å². The second kappa shape index (κ2) is 15.0. The van der Waals surface area contributed by atoms with Crippen molar-refractivity contribution in [2.24, 2.45) is 0 Å². The molecule has 0 amide bonds. The van der Waals surface area contributed by atoms with Crippen LogP contribution in [0.25, 0.3) is 96.7 Å². The first kappa shape index (κ1) is 37.7. The third-order valence-electron chi connectivity index (χ3n) is 13.4. The maximum absolute atomic E-state index is 7.14. The Balaban J connectivity index is 0.983. The van der Waals surface area contributed by atoms with Crippen molar-refractivity contribution in [3.63, 3.8) is 0 Å². The number of para-hydroxylation sites is 4. The van der Waals surface area contributed by atoms with Crippen LogP contribution in [0.2, 0.25) is 0 Å². The Labute approximate surface area is 389 Å². The number of hydrogen-bond acceptors (Lipinski definition) is 5. The molecule has 0 N–H and O–H groups in total. The summed E-state index contributed by atoms with van der Waals surface area (Å²) in [5.74, 6) is 0. The molecule has 4 nitrogen and oxygen atoms in total. The number of nitrogens with zero attached hydrogens (tertiary/aromatic N) is 2. The molecule has 0 radical (unpaired) electrons. The van der Waals surface area contributed by atoms with Gasteiger partial charge in [0.1, 0.15) is 16.7 Å². The van der Waals surface area contributed by atoms with Gasteiger partial charge in [0, 0.05) is 75.8 Å². The molecule has 3 aromatic heterocycles. The number of anilines is 6. The quantitative estimate of drug-likeness (QED) is 0.149. The number of hydrogen-bond donors (Lipinski definition) is 0. The SMILES string of the molecule is c1ccc(-c2ccccc2N(c2ccc3sc4ccccc4c3c2)c2ccc3c(c2)c2ccccc2c2c4ccc(N(c5ccccc5)c5cccc6c5oc5ccccc56)cc4oc32)cc1. The topological polar surface area (TPSA) is 32.8 Å². The first-order chi connectivity index (χ1) is 33.2. The maximum Gasteiger partial charge on any atom is 0.159 e. The second-order valence-electron chi connectivity index (χ2n) is 17.2. The highest BCUT2D eigenvalue weighted by molar-refractivity contribution is 7.25. The highest BCUT2D eigenvalue weighted by atomic mass is 32.1. The average Bonchev–Trinajstić information content (AvgIpc) is 4.09. The Morgan fingerprint density at radius 3 is 1.72 bits per heavy atom. The standard InChI is InChI=1S/C62H38N2O2S/c1-3-16-39(17-4-1)44-20-9-12-26-54(44)64(42-32-35-59-53(37-42)47-23-11-14-29-58(47)67-59)41-30-33-50-52(36-41)45-21-7-8-24-48(45)60-51-34-31-43(38-57(51)66-62(50)60)63(40-18-5-2-6-19-40)55-27-15-25-49-46-22-10-13-28-56(46)65-61(49)55/h1-38H. The Morgan fingerprint density at radius 2 is 0.866 bits per heavy atom. The first-order valence-corrected chi connectivity index (χ1v) is 23.5. The zero-order chi connectivity index (χ0) is 44.0. The summed E-state index contributed by atoms with van der Waals surface area (Å²) >= 11 is 1.84. The Hall–Kier alpha value is -8.64. The van der Waals surface area contributed by atoms with E-state index in [0.29, 0.717) is 0 Å². The van der Waals surface area contributed by atoms with Crippen LogP contribution >= 0.6 is 11.3 Å². The number of fused-ring (bicyclic) bond motifs is 14. The molecule has 0 unspecified atom stereocenters. The molecule has 0 spiro atoms. The lowest BCUT2D eigenvalue weighted by atomic mass is 9.95. The van der Waals surface area contributed by atoms with Gasteiger partial charge in [-0.2, -0.15) is 0 Å². The van der Waals surface area contributed by atoms with Gasteiger partial charge in [0.25, 0.3) is 0 Å². The fourth-order valence-corrected chi connectivity index (χ4v) is 11.5. The summed E-state index contributed by atoms with van der Waals surface area (Å²) in [5, 5.41) is 11.4. The van der Waals surface area contributed by atoms with Gasteiger partial charge in [-0.1, -0.05) is 140 Å². The lowest BCUT2D eigenvalue weighted by Crippen LogP contribution is -2.11. The number of thiophene rings is 1. The van der Waals surface area contributed by atoms with Crippen LogP contribution in [0.15, 0.2) is 239 Å². The minimum absolute atomic E-state index is 0.821. The molecule has 14 aromatic rings. The van der Waals surface area contributed by atoms with E-state index in [2.05, 4.69) is 228 Å². The van der Waals surface area contributed by atoms with Crippen molar-refractivity contribution >= 4 is 131 Å². The lowest BCUT2D eigenvalue weighted by molar-refractivity contribution is 0.668. The third kappa shape index (κ3) is 5.92. The molecule has 14 rings (SSSR count). The zero-order valence-electron chi connectivity index (χ0n) is 36.1. The van der Waals surface area contributed by atoms with Crippen LogP contribution in [0.5, 0.6) is 0 Å². The lowest BCUT2D eigenvalue weighted by Gasteiger charge is -2.28. The molecule has 314 valence electrons. The van der Waals surface area contributed by atoms with Crippen molar-refractivity contribution in [1.82, 2.24) is 0 Å². The van der Waals surface area contributed by atoms with Gasteiger partial charge in [0.05, 0.1) is 17.1 Å². The van der Waals surface area contributed by atoms with Gasteiger partial charge >= 0.3 is 0 Å². The normalized spacial score (nSPS) is 11.9. The molecule has 0 fully saturated rings. The molecule has 5 heteroatoms. The summed E-state index contributed by atoms with van der Waals surface area (Å²) < 4.78 is 16.3. The summed E-state index contributed by atoms with van der Waals surface area (Å²) in [6, 6.07) is 82.6. The van der Waals surface area contributed by atoms with Crippen LogP contribution in [-0.2, 0) is 0 Å². The van der Waals surface area contributed by atoms with E-state index in [0.717, 1.165) is 99.7 Å². The van der Waals surface area contributed by atoms with E-state index in [1.165, 1.54) is 31.1 Å². The third-order valence-corrected chi connectivity index (χ3v) is 14.6. The molecule has 0 saturated heterocycles. The Kier molecular flexibility index (Phi) is 8.42. The fraction of sp³-hybridized carbons (Fsp3) is 0. The van der Waals surface area contributed by atoms with Crippen LogP contribution in [0.1, 0.15) is 0 Å². The summed E-state index contributed by atoms with van der Waals surface area (Å²) in [4.78, 5) is 4.70. The Morgan fingerprint density at radius 1 is 0.299 bits per heavy atom. The number of benzene rings is 11. The van der Waals surface area contributed by atoms with E-state index in [1.54, 1.807) is 0 Å². The maximum atomic E-state index is 7.14. The zero-order valence-corrected chi connectivity index (χ0v) is 36.9. The van der Waals surface area contributed by atoms with Crippen LogP contribution in [0.3, 0.4) is 0 Å². The van der Waals surface area contributed by atoms with E-state index in [9.17, 15) is 0 Å². The highest BCUT2D eigenvalue weighted by Crippen LogP contribution is 2.49. The molecule has 67 heavy (non-hydrogen) atoms. The van der Waals surface area contributed by atoms with Crippen molar-refractivity contribution in [3.05, 3.63) is 231 Å². The molecule has 11 aromatic carbocycles. The van der Waals surface area contributed by atoms with Crippen molar-refractivity contribution < 1.29 is 8.83 Å². The molecule has 0 saturated carbocycles. The van der Waals surface area contributed by atoms with Crippen LogP contribution in [0.4, 0.5) is 34.1 Å². The summed E-state index contributed by atoms with van der Waals surface area (Å²) in [5.41, 5.74) is 12.0. The molecule has 3 heterocycles. The molecule has 0 atom stereocenters. The predicted octanol–water partition coefficient (Wildman–Crippen LogP) is 18.8. The van der Waals surface area contributed by atoms with Gasteiger partial charge < -0.3 is 18.6 Å². The van der Waals surface area contributed by atoms with Gasteiger partial charge in [-0.05, 0) is 107 Å². The summed E-state index contributed by atoms with van der Waals surface area (Å²) in [7, 11) is 0. The minimum atomic E-state index is 0.821. The van der Waals surface area contributed by atoms with Gasteiger partial charge in [0.15, 0.2) is 5.58 Å². The van der Waals surface area contributed by atoms with E-state index in [-0.39, 0.29) is 0 Å². The summed E-state index contributed by atoms with van der Waals surface area (Å²) in [6.07, 6.45) is 0. The van der Waals surface area contributed by atoms with Crippen molar-refractivity contribution in [3.8, 4) is 11.1 Å². The van der Waals surface area contributed by atoms with Crippen LogP contribution in [0, 0.1) is 0 Å². The molecule has 0 aliphatic heterocycles. The smallest absolute Gasteiger partial charge is 0.159 e. The van der Waals surface area contributed by atoms with E-state index < -0.39 is 0 Å². The van der Waals surface area contributed by atoms with Crippen molar-refractivity contribution in [2.75, 3.05) is 9.80 Å². The fourth-order valence-electron chi connectivity index (χ4n) is 10.4. The van der Waals surface area contributed by atoms with Crippen LogP contribution < -0.4 is 9.80 Å². The predicted molar refractivity (Wildman–Crippen MR) is 284 cm³/mol. The monoisotopic (exact) mass is 874 g/mol. The number of rotatable bonds is 7. The second-order valence-corrected chi connectivity index (χ2v) is 18.3. The van der Waals surface area contributed by atoms with Crippen LogP contribution in [-0.4, -0.2) is 0 Å². The molecule has 0 aliphatic rings. The molecule has 0 bridgehead atoms. The van der Waals surface area contributed by atoms with Gasteiger partial charge in [-0.25, -0.2) is 0 Å². The van der Waals surface area contributed by atoms with E-state index in [4.69, 9.17) is 8.83 Å². The van der Waals surface area contributed by atoms with Crippen molar-refractivity contribution in [1.29, 1.82) is 0 Å².